The Kier molecular flexibility index (Phi) is 5.49. The van der Waals surface area contributed by atoms with Crippen LogP contribution in [0.4, 0.5) is 0 Å². The number of ether oxygens (including phenoxy) is 1. The Balaban J connectivity index is 2.47. The van der Waals surface area contributed by atoms with Crippen LogP contribution in [0.5, 0.6) is 0 Å². The molecule has 0 aromatic carbocycles. The van der Waals surface area contributed by atoms with Crippen molar-refractivity contribution in [3.63, 3.8) is 0 Å². The van der Waals surface area contributed by atoms with Crippen LogP contribution in [0.1, 0.15) is 19.1 Å². The van der Waals surface area contributed by atoms with Gasteiger partial charge in [-0.3, -0.25) is 4.90 Å². The van der Waals surface area contributed by atoms with E-state index < -0.39 is 0 Å². The lowest BCUT2D eigenvalue weighted by Gasteiger charge is -2.13. The van der Waals surface area contributed by atoms with Gasteiger partial charge in [-0.1, -0.05) is 13.0 Å². The van der Waals surface area contributed by atoms with E-state index in [1.807, 2.05) is 32.2 Å². The monoisotopic (exact) mass is 237 g/mol. The van der Waals surface area contributed by atoms with E-state index in [2.05, 4.69) is 4.90 Å². The number of nitrogens with zero attached hydrogens (tertiary/aromatic N) is 1. The van der Waals surface area contributed by atoms with Gasteiger partial charge in [0.05, 0.1) is 19.9 Å². The van der Waals surface area contributed by atoms with Crippen molar-refractivity contribution in [2.24, 2.45) is 0 Å². The fraction of sp³-hybridized carbons (Fsp3) is 0.462. The summed E-state index contributed by atoms with van der Waals surface area (Å²) in [5, 5.41) is 0. The third-order valence-electron chi connectivity index (χ3n) is 2.48. The summed E-state index contributed by atoms with van der Waals surface area (Å²) in [7, 11) is 3.38. The SMILES string of the molecule is CCC(=CCN(C)Cc1ccco1)C(=O)OC. The number of methoxy groups -OCH3 is 1. The fourth-order valence-electron chi connectivity index (χ4n) is 1.50. The number of hydrogen-bond donors (Lipinski definition) is 0. The molecular weight excluding hydrogens is 218 g/mol. The lowest BCUT2D eigenvalue weighted by molar-refractivity contribution is -0.136. The van der Waals surface area contributed by atoms with Gasteiger partial charge in [0.2, 0.25) is 0 Å². The highest BCUT2D eigenvalue weighted by Gasteiger charge is 2.07. The van der Waals surface area contributed by atoms with Crippen molar-refractivity contribution in [2.45, 2.75) is 19.9 Å². The molecule has 0 bridgehead atoms. The Morgan fingerprint density at radius 2 is 2.35 bits per heavy atom. The second-order valence-electron chi connectivity index (χ2n) is 3.85. The molecule has 1 aromatic heterocycles. The van der Waals surface area contributed by atoms with Gasteiger partial charge in [-0.15, -0.1) is 0 Å². The highest BCUT2D eigenvalue weighted by molar-refractivity contribution is 5.88. The van der Waals surface area contributed by atoms with Crippen LogP contribution in [-0.4, -0.2) is 31.6 Å². The van der Waals surface area contributed by atoms with Crippen LogP contribution in [0.15, 0.2) is 34.5 Å². The molecule has 1 heterocycles. The van der Waals surface area contributed by atoms with E-state index >= 15 is 0 Å². The first-order chi connectivity index (χ1) is 8.17. The van der Waals surface area contributed by atoms with Gasteiger partial charge in [0.25, 0.3) is 0 Å². The predicted molar refractivity (Wildman–Crippen MR) is 65.4 cm³/mol. The molecule has 0 aliphatic heterocycles. The minimum atomic E-state index is -0.251. The maximum Gasteiger partial charge on any atom is 0.333 e. The van der Waals surface area contributed by atoms with Gasteiger partial charge in [0, 0.05) is 12.1 Å². The van der Waals surface area contributed by atoms with Crippen molar-refractivity contribution < 1.29 is 13.9 Å². The zero-order valence-corrected chi connectivity index (χ0v) is 10.6. The minimum Gasteiger partial charge on any atom is -0.468 e. The van der Waals surface area contributed by atoms with E-state index in [1.165, 1.54) is 7.11 Å². The second-order valence-corrected chi connectivity index (χ2v) is 3.85. The number of rotatable bonds is 6. The molecule has 0 spiro atoms. The Hall–Kier alpha value is -1.55. The van der Waals surface area contributed by atoms with Crippen molar-refractivity contribution in [3.05, 3.63) is 35.8 Å². The van der Waals surface area contributed by atoms with Gasteiger partial charge in [-0.05, 0) is 25.6 Å². The lowest BCUT2D eigenvalue weighted by Crippen LogP contribution is -2.18. The molecule has 0 N–H and O–H groups in total. The van der Waals surface area contributed by atoms with Gasteiger partial charge in [0.1, 0.15) is 5.76 Å². The first kappa shape index (κ1) is 13.5. The van der Waals surface area contributed by atoms with Gasteiger partial charge in [0.15, 0.2) is 0 Å². The highest BCUT2D eigenvalue weighted by Crippen LogP contribution is 2.06. The average Bonchev–Trinajstić information content (AvgIpc) is 2.82. The topological polar surface area (TPSA) is 42.7 Å². The first-order valence-electron chi connectivity index (χ1n) is 5.65. The van der Waals surface area contributed by atoms with Crippen LogP contribution in [0.3, 0.4) is 0 Å². The van der Waals surface area contributed by atoms with E-state index in [-0.39, 0.29) is 5.97 Å². The van der Waals surface area contributed by atoms with E-state index in [1.54, 1.807) is 6.26 Å². The van der Waals surface area contributed by atoms with Crippen molar-refractivity contribution in [3.8, 4) is 0 Å². The maximum absolute atomic E-state index is 11.3. The molecule has 0 aliphatic rings. The third kappa shape index (κ3) is 4.44. The van der Waals surface area contributed by atoms with Gasteiger partial charge < -0.3 is 9.15 Å². The molecule has 0 saturated carbocycles. The van der Waals surface area contributed by atoms with E-state index in [9.17, 15) is 4.79 Å². The molecule has 1 rings (SSSR count). The summed E-state index contributed by atoms with van der Waals surface area (Å²) in [6, 6.07) is 3.80. The number of esters is 1. The summed E-state index contributed by atoms with van der Waals surface area (Å²) in [5.74, 6) is 0.663. The fourth-order valence-corrected chi connectivity index (χ4v) is 1.50. The molecule has 0 aliphatic carbocycles. The summed E-state index contributed by atoms with van der Waals surface area (Å²) in [6.07, 6.45) is 4.24. The highest BCUT2D eigenvalue weighted by atomic mass is 16.5. The molecule has 4 nitrogen and oxygen atoms in total. The van der Waals surface area contributed by atoms with Crippen LogP contribution < -0.4 is 0 Å². The number of hydrogen-bond acceptors (Lipinski definition) is 4. The third-order valence-corrected chi connectivity index (χ3v) is 2.48. The average molecular weight is 237 g/mol. The molecule has 0 saturated heterocycles. The molecule has 0 atom stereocenters. The summed E-state index contributed by atoms with van der Waals surface area (Å²) in [5.41, 5.74) is 0.707. The molecule has 0 unspecified atom stereocenters. The van der Waals surface area contributed by atoms with Crippen molar-refractivity contribution >= 4 is 5.97 Å². The molecule has 0 fully saturated rings. The van der Waals surface area contributed by atoms with Gasteiger partial charge in [-0.2, -0.15) is 0 Å². The zero-order valence-electron chi connectivity index (χ0n) is 10.6. The summed E-state index contributed by atoms with van der Waals surface area (Å²) < 4.78 is 9.95. The largest absolute Gasteiger partial charge is 0.468 e. The van der Waals surface area contributed by atoms with Crippen LogP contribution in [-0.2, 0) is 16.1 Å². The predicted octanol–water partition coefficient (Wildman–Crippen LogP) is 2.22. The smallest absolute Gasteiger partial charge is 0.333 e. The molecule has 1 aromatic rings. The van der Waals surface area contributed by atoms with Gasteiger partial charge in [-0.25, -0.2) is 4.79 Å². The molecule has 4 heteroatoms. The Morgan fingerprint density at radius 3 is 2.88 bits per heavy atom. The van der Waals surface area contributed by atoms with Crippen LogP contribution in [0.2, 0.25) is 0 Å². The molecule has 94 valence electrons. The van der Waals surface area contributed by atoms with Crippen LogP contribution in [0.25, 0.3) is 0 Å². The number of likely N-dealkylation sites (N-methyl/N-ethyl adjacent to an activating group) is 1. The number of carbonyl (C=O) groups is 1. The quantitative estimate of drug-likeness (QED) is 0.562. The first-order valence-corrected chi connectivity index (χ1v) is 5.65. The summed E-state index contributed by atoms with van der Waals surface area (Å²) in [6.45, 7) is 3.36. The van der Waals surface area contributed by atoms with Crippen LogP contribution in [0, 0.1) is 0 Å². The van der Waals surface area contributed by atoms with Crippen LogP contribution >= 0.6 is 0 Å². The van der Waals surface area contributed by atoms with Crippen molar-refractivity contribution in [1.82, 2.24) is 4.90 Å². The van der Waals surface area contributed by atoms with Gasteiger partial charge >= 0.3 is 5.97 Å². The normalized spacial score (nSPS) is 11.9. The van der Waals surface area contributed by atoms with E-state index in [4.69, 9.17) is 9.15 Å². The minimum absolute atomic E-state index is 0.251. The standard InChI is InChI=1S/C13H19NO3/c1-4-11(13(15)16-3)7-8-14(2)10-12-6-5-9-17-12/h5-7,9H,4,8,10H2,1-3H3. The second kappa shape index (κ2) is 6.91. The molecule has 0 radical (unpaired) electrons. The number of carbonyl (C=O) groups excluding carboxylic acids is 1. The Labute approximate surface area is 102 Å². The van der Waals surface area contributed by atoms with E-state index in [0.717, 1.165) is 12.3 Å². The summed E-state index contributed by atoms with van der Waals surface area (Å²) in [4.78, 5) is 13.4. The van der Waals surface area contributed by atoms with E-state index in [0.29, 0.717) is 18.5 Å². The van der Waals surface area contributed by atoms with Crippen molar-refractivity contribution in [2.75, 3.05) is 20.7 Å². The lowest BCUT2D eigenvalue weighted by atomic mass is 10.2. The van der Waals surface area contributed by atoms with Crippen molar-refractivity contribution in [1.29, 1.82) is 0 Å². The molecule has 0 amide bonds. The Morgan fingerprint density at radius 1 is 1.59 bits per heavy atom. The Bertz CT molecular complexity index is 368. The maximum atomic E-state index is 11.3. The molecular formula is C13H19NO3. The molecule has 17 heavy (non-hydrogen) atoms. The zero-order chi connectivity index (χ0) is 12.7. The number of furan rings is 1. The summed E-state index contributed by atoms with van der Waals surface area (Å²) >= 11 is 0.